The molecule has 0 radical (unpaired) electrons. The van der Waals surface area contributed by atoms with Crippen molar-refractivity contribution in [2.45, 2.75) is 13.5 Å². The van der Waals surface area contributed by atoms with Crippen molar-refractivity contribution in [3.8, 4) is 5.75 Å². The van der Waals surface area contributed by atoms with Crippen LogP contribution < -0.4 is 4.74 Å². The average molecular weight is 279 g/mol. The summed E-state index contributed by atoms with van der Waals surface area (Å²) in [6.07, 6.45) is 0. The zero-order valence-electron chi connectivity index (χ0n) is 10.6. The van der Waals surface area contributed by atoms with E-state index in [9.17, 15) is 18.9 Å². The number of nitrogens with zero attached hydrogens (tertiary/aromatic N) is 1. The van der Waals surface area contributed by atoms with Gasteiger partial charge in [-0.1, -0.05) is 6.07 Å². The minimum absolute atomic E-state index is 0.0805. The van der Waals surface area contributed by atoms with Crippen molar-refractivity contribution < 1.29 is 18.4 Å². The predicted octanol–water partition coefficient (Wildman–Crippen LogP) is 3.76. The molecule has 20 heavy (non-hydrogen) atoms. The van der Waals surface area contributed by atoms with Crippen LogP contribution in [0.2, 0.25) is 0 Å². The molecular weight excluding hydrogens is 268 g/mol. The Balaban J connectivity index is 2.18. The molecule has 2 aromatic rings. The normalized spacial score (nSPS) is 10.3. The highest BCUT2D eigenvalue weighted by molar-refractivity contribution is 5.36. The zero-order valence-corrected chi connectivity index (χ0v) is 10.6. The van der Waals surface area contributed by atoms with E-state index in [2.05, 4.69) is 0 Å². The quantitative estimate of drug-likeness (QED) is 0.632. The topological polar surface area (TPSA) is 52.4 Å². The lowest BCUT2D eigenvalue weighted by molar-refractivity contribution is -0.385. The number of rotatable bonds is 4. The van der Waals surface area contributed by atoms with Gasteiger partial charge in [0.15, 0.2) is 0 Å². The summed E-state index contributed by atoms with van der Waals surface area (Å²) in [5.41, 5.74) is 0.678. The molecule has 0 N–H and O–H groups in total. The zero-order chi connectivity index (χ0) is 14.7. The maximum atomic E-state index is 13.2. The monoisotopic (exact) mass is 279 g/mol. The number of hydrogen-bond acceptors (Lipinski definition) is 3. The molecule has 0 saturated carbocycles. The van der Waals surface area contributed by atoms with E-state index >= 15 is 0 Å². The van der Waals surface area contributed by atoms with Gasteiger partial charge >= 0.3 is 0 Å². The highest BCUT2D eigenvalue weighted by atomic mass is 19.1. The van der Waals surface area contributed by atoms with Gasteiger partial charge in [0.1, 0.15) is 24.0 Å². The van der Waals surface area contributed by atoms with Crippen LogP contribution in [-0.4, -0.2) is 4.92 Å². The van der Waals surface area contributed by atoms with Crippen LogP contribution >= 0.6 is 0 Å². The van der Waals surface area contributed by atoms with Gasteiger partial charge in [-0.05, 0) is 30.2 Å². The van der Waals surface area contributed by atoms with E-state index in [1.54, 1.807) is 13.0 Å². The summed E-state index contributed by atoms with van der Waals surface area (Å²) >= 11 is 0. The Labute approximate surface area is 113 Å². The van der Waals surface area contributed by atoms with Crippen molar-refractivity contribution >= 4 is 5.69 Å². The molecule has 104 valence electrons. The fourth-order valence-electron chi connectivity index (χ4n) is 1.71. The second-order valence-corrected chi connectivity index (χ2v) is 4.27. The van der Waals surface area contributed by atoms with Gasteiger partial charge in [0.25, 0.3) is 5.69 Å². The molecule has 0 unspecified atom stereocenters. The maximum Gasteiger partial charge on any atom is 0.272 e. The van der Waals surface area contributed by atoms with Gasteiger partial charge in [-0.15, -0.1) is 0 Å². The van der Waals surface area contributed by atoms with Crippen molar-refractivity contribution in [2.24, 2.45) is 0 Å². The van der Waals surface area contributed by atoms with Gasteiger partial charge in [-0.3, -0.25) is 10.1 Å². The van der Waals surface area contributed by atoms with E-state index in [-0.39, 0.29) is 12.3 Å². The average Bonchev–Trinajstić information content (AvgIpc) is 2.39. The van der Waals surface area contributed by atoms with Gasteiger partial charge in [0, 0.05) is 12.1 Å². The molecule has 0 aromatic heterocycles. The number of hydrogen-bond donors (Lipinski definition) is 0. The molecule has 0 heterocycles. The Morgan fingerprint density at radius 3 is 2.60 bits per heavy atom. The molecule has 0 aliphatic rings. The molecule has 0 spiro atoms. The third-order valence-corrected chi connectivity index (χ3v) is 2.70. The van der Waals surface area contributed by atoms with E-state index in [0.29, 0.717) is 11.3 Å². The van der Waals surface area contributed by atoms with Gasteiger partial charge in [-0.25, -0.2) is 8.78 Å². The van der Waals surface area contributed by atoms with Gasteiger partial charge < -0.3 is 4.74 Å². The Morgan fingerprint density at radius 1 is 1.15 bits per heavy atom. The summed E-state index contributed by atoms with van der Waals surface area (Å²) < 4.78 is 31.7. The molecule has 0 aliphatic carbocycles. The standard InChI is InChI=1S/C14H11F2NO3/c1-9-2-3-11(15)7-14(9)20-8-10-4-12(16)6-13(5-10)17(18)19/h2-7H,8H2,1H3. The van der Waals surface area contributed by atoms with Crippen LogP contribution in [0.4, 0.5) is 14.5 Å². The first-order valence-corrected chi connectivity index (χ1v) is 5.78. The van der Waals surface area contributed by atoms with Crippen LogP contribution in [0.15, 0.2) is 36.4 Å². The molecular formula is C14H11F2NO3. The molecule has 0 bridgehead atoms. The highest BCUT2D eigenvalue weighted by Crippen LogP contribution is 2.22. The summed E-state index contributed by atoms with van der Waals surface area (Å²) in [5, 5.41) is 10.6. The first-order valence-electron chi connectivity index (χ1n) is 5.78. The van der Waals surface area contributed by atoms with Crippen molar-refractivity contribution in [1.82, 2.24) is 0 Å². The fraction of sp³-hybridized carbons (Fsp3) is 0.143. The van der Waals surface area contributed by atoms with E-state index in [4.69, 9.17) is 4.74 Å². The number of aryl methyl sites for hydroxylation is 1. The molecule has 0 aliphatic heterocycles. The van der Waals surface area contributed by atoms with Crippen molar-refractivity contribution in [3.63, 3.8) is 0 Å². The Morgan fingerprint density at radius 2 is 1.90 bits per heavy atom. The van der Waals surface area contributed by atoms with Crippen molar-refractivity contribution in [3.05, 3.63) is 69.3 Å². The Kier molecular flexibility index (Phi) is 3.93. The number of halogens is 2. The third kappa shape index (κ3) is 3.28. The van der Waals surface area contributed by atoms with Gasteiger partial charge in [-0.2, -0.15) is 0 Å². The highest BCUT2D eigenvalue weighted by Gasteiger charge is 2.10. The first-order chi connectivity index (χ1) is 9.45. The SMILES string of the molecule is Cc1ccc(F)cc1OCc1cc(F)cc([N+](=O)[O-])c1. The van der Waals surface area contributed by atoms with Crippen LogP contribution in [0.3, 0.4) is 0 Å². The first kappa shape index (κ1) is 13.9. The summed E-state index contributed by atoms with van der Waals surface area (Å²) in [5.74, 6) is -0.846. The minimum Gasteiger partial charge on any atom is -0.489 e. The Bertz CT molecular complexity index is 659. The molecule has 2 rings (SSSR count). The predicted molar refractivity (Wildman–Crippen MR) is 68.5 cm³/mol. The van der Waals surface area contributed by atoms with Crippen molar-refractivity contribution in [2.75, 3.05) is 0 Å². The van der Waals surface area contributed by atoms with Crippen LogP contribution in [0.1, 0.15) is 11.1 Å². The number of non-ortho nitro benzene ring substituents is 1. The molecule has 0 atom stereocenters. The van der Waals surface area contributed by atoms with Crippen molar-refractivity contribution in [1.29, 1.82) is 0 Å². The summed E-state index contributed by atoms with van der Waals surface area (Å²) in [6, 6.07) is 7.26. The molecule has 2 aromatic carbocycles. The second-order valence-electron chi connectivity index (χ2n) is 4.27. The third-order valence-electron chi connectivity index (χ3n) is 2.70. The fourth-order valence-corrected chi connectivity index (χ4v) is 1.71. The lowest BCUT2D eigenvalue weighted by Crippen LogP contribution is -1.99. The minimum atomic E-state index is -0.714. The van der Waals surface area contributed by atoms with Crippen LogP contribution in [0.25, 0.3) is 0 Å². The van der Waals surface area contributed by atoms with Crippen LogP contribution in [0.5, 0.6) is 5.75 Å². The second kappa shape index (κ2) is 5.64. The van der Waals surface area contributed by atoms with E-state index in [1.807, 2.05) is 0 Å². The summed E-state index contributed by atoms with van der Waals surface area (Å²) in [6.45, 7) is 1.66. The van der Waals surface area contributed by atoms with Crippen LogP contribution in [0, 0.1) is 28.7 Å². The Hall–Kier alpha value is -2.50. The van der Waals surface area contributed by atoms with Crippen LogP contribution in [-0.2, 0) is 6.61 Å². The summed E-state index contributed by atoms with van der Waals surface area (Å²) in [7, 11) is 0. The number of nitro benzene ring substituents is 1. The van der Waals surface area contributed by atoms with E-state index in [0.717, 1.165) is 17.7 Å². The number of nitro groups is 1. The molecule has 4 nitrogen and oxygen atoms in total. The number of ether oxygens (including phenoxy) is 1. The molecule has 0 saturated heterocycles. The lowest BCUT2D eigenvalue weighted by Gasteiger charge is -2.09. The van der Waals surface area contributed by atoms with E-state index in [1.165, 1.54) is 18.2 Å². The summed E-state index contributed by atoms with van der Waals surface area (Å²) in [4.78, 5) is 9.95. The lowest BCUT2D eigenvalue weighted by atomic mass is 10.2. The van der Waals surface area contributed by atoms with E-state index < -0.39 is 16.6 Å². The van der Waals surface area contributed by atoms with Gasteiger partial charge in [0.05, 0.1) is 11.0 Å². The molecule has 0 fully saturated rings. The largest absolute Gasteiger partial charge is 0.489 e. The maximum absolute atomic E-state index is 13.2. The van der Waals surface area contributed by atoms with Gasteiger partial charge in [0.2, 0.25) is 0 Å². The smallest absolute Gasteiger partial charge is 0.272 e. The molecule has 0 amide bonds. The molecule has 6 heteroatoms. The number of benzene rings is 2.